The first-order valence-corrected chi connectivity index (χ1v) is 20.0. The highest BCUT2D eigenvalue weighted by Gasteiger charge is 2.20. The molecule has 2 atom stereocenters. The van der Waals surface area contributed by atoms with E-state index in [1.165, 1.54) is 154 Å². The van der Waals surface area contributed by atoms with Crippen LogP contribution in [0.15, 0.2) is 38.0 Å². The first-order valence-electron chi connectivity index (χ1n) is 20.0. The van der Waals surface area contributed by atoms with E-state index in [1.54, 1.807) is 0 Å². The normalized spacial score (nSPS) is 12.2. The lowest BCUT2D eigenvalue weighted by atomic mass is 10.0. The zero-order valence-electron chi connectivity index (χ0n) is 31.6. The summed E-state index contributed by atoms with van der Waals surface area (Å²) in [4.78, 5) is 34.9. The molecule has 0 aliphatic carbocycles. The van der Waals surface area contributed by atoms with Gasteiger partial charge in [0.05, 0.1) is 6.61 Å². The van der Waals surface area contributed by atoms with Crippen molar-refractivity contribution in [2.45, 2.75) is 199 Å². The lowest BCUT2D eigenvalue weighted by Gasteiger charge is -2.22. The second kappa shape index (κ2) is 36.9. The molecule has 0 rings (SSSR count). The van der Waals surface area contributed by atoms with E-state index >= 15 is 0 Å². The fourth-order valence-electron chi connectivity index (χ4n) is 5.93. The Labute approximate surface area is 301 Å². The van der Waals surface area contributed by atoms with Crippen LogP contribution in [0, 0.1) is 0 Å². The molecule has 284 valence electrons. The van der Waals surface area contributed by atoms with Gasteiger partial charge in [0, 0.05) is 24.6 Å². The zero-order chi connectivity index (χ0) is 36.0. The summed E-state index contributed by atoms with van der Waals surface area (Å²) in [7, 11) is 0. The summed E-state index contributed by atoms with van der Waals surface area (Å²) in [6.45, 7) is 12.1. The largest absolute Gasteiger partial charge is 0.458 e. The number of esters is 3. The number of carbonyl (C=O) groups is 3. The van der Waals surface area contributed by atoms with Crippen molar-refractivity contribution in [3.05, 3.63) is 38.0 Å². The van der Waals surface area contributed by atoms with Gasteiger partial charge >= 0.3 is 17.9 Å². The molecule has 7 heteroatoms. The Balaban J connectivity index is 3.72. The Morgan fingerprint density at radius 1 is 0.449 bits per heavy atom. The van der Waals surface area contributed by atoms with Crippen LogP contribution in [0.25, 0.3) is 0 Å². The van der Waals surface area contributed by atoms with Crippen LogP contribution in [0.4, 0.5) is 0 Å². The van der Waals surface area contributed by atoms with Gasteiger partial charge in [-0.2, -0.15) is 0 Å². The van der Waals surface area contributed by atoms with Crippen molar-refractivity contribution < 1.29 is 33.3 Å². The molecular formula is C42H74O7. The van der Waals surface area contributed by atoms with Crippen molar-refractivity contribution in [1.82, 2.24) is 0 Å². The summed E-state index contributed by atoms with van der Waals surface area (Å²) in [6, 6.07) is 0. The van der Waals surface area contributed by atoms with Crippen molar-refractivity contribution in [3.63, 3.8) is 0 Å². The smallest absolute Gasteiger partial charge is 0.332 e. The monoisotopic (exact) mass is 691 g/mol. The highest BCUT2D eigenvalue weighted by Crippen LogP contribution is 2.17. The van der Waals surface area contributed by atoms with Crippen LogP contribution in [0.1, 0.15) is 187 Å². The molecule has 7 nitrogen and oxygen atoms in total. The lowest BCUT2D eigenvalue weighted by molar-refractivity contribution is -0.187. The molecule has 0 saturated heterocycles. The molecule has 0 radical (unpaired) electrons. The standard InChI is InChI=1S/C42H74O7/c1-5-9-10-11-12-13-14-15-16-17-18-19-20-21-22-23-24-25-26-27-28-29-30-31-32-33-34-35-42(49-41(45)8-4)47-37-38(48-40(44)7-3)36-46-39(43)6-2/h6-8,38,42H,2-5,9-37H2,1H3. The van der Waals surface area contributed by atoms with E-state index in [4.69, 9.17) is 18.9 Å². The first-order chi connectivity index (χ1) is 24.0. The Hall–Kier alpha value is -2.41. The van der Waals surface area contributed by atoms with Crippen LogP contribution in [0.5, 0.6) is 0 Å². The number of carbonyl (C=O) groups excluding carboxylic acids is 3. The maximum Gasteiger partial charge on any atom is 0.332 e. The molecule has 0 heterocycles. The van der Waals surface area contributed by atoms with Gasteiger partial charge in [-0.05, 0) is 6.42 Å². The molecule has 49 heavy (non-hydrogen) atoms. The van der Waals surface area contributed by atoms with Gasteiger partial charge in [-0.1, -0.05) is 194 Å². The predicted molar refractivity (Wildman–Crippen MR) is 202 cm³/mol. The number of ether oxygens (including phenoxy) is 4. The second-order valence-electron chi connectivity index (χ2n) is 13.5. The third-order valence-electron chi connectivity index (χ3n) is 8.95. The SMILES string of the molecule is C=CC(=O)OCC(COC(CCCCCCCCCCCCCCCCCCCCCCCCCCCCC)OC(=O)C=C)OC(=O)C=C. The fraction of sp³-hybridized carbons (Fsp3) is 0.786. The van der Waals surface area contributed by atoms with Crippen LogP contribution >= 0.6 is 0 Å². The Kier molecular flexibility index (Phi) is 35.0. The lowest BCUT2D eigenvalue weighted by Crippen LogP contribution is -2.32. The van der Waals surface area contributed by atoms with E-state index in [2.05, 4.69) is 26.7 Å². The van der Waals surface area contributed by atoms with Gasteiger partial charge in [-0.15, -0.1) is 0 Å². The highest BCUT2D eigenvalue weighted by atomic mass is 16.7. The summed E-state index contributed by atoms with van der Waals surface area (Å²) >= 11 is 0. The summed E-state index contributed by atoms with van der Waals surface area (Å²) < 4.78 is 21.2. The van der Waals surface area contributed by atoms with E-state index in [0.29, 0.717) is 6.42 Å². The highest BCUT2D eigenvalue weighted by molar-refractivity contribution is 5.82. The summed E-state index contributed by atoms with van der Waals surface area (Å²) in [5.41, 5.74) is 0. The molecule has 0 aliphatic heterocycles. The maximum absolute atomic E-state index is 11.8. The molecule has 0 N–H and O–H groups in total. The van der Waals surface area contributed by atoms with Gasteiger partial charge < -0.3 is 18.9 Å². The average Bonchev–Trinajstić information content (AvgIpc) is 3.11. The van der Waals surface area contributed by atoms with Gasteiger partial charge in [-0.25, -0.2) is 14.4 Å². The van der Waals surface area contributed by atoms with E-state index in [9.17, 15) is 14.4 Å². The molecule has 0 amide bonds. The molecule has 0 saturated carbocycles. The minimum Gasteiger partial charge on any atom is -0.458 e. The van der Waals surface area contributed by atoms with E-state index in [-0.39, 0.29) is 13.2 Å². The third kappa shape index (κ3) is 33.8. The van der Waals surface area contributed by atoms with Crippen molar-refractivity contribution in [1.29, 1.82) is 0 Å². The average molecular weight is 691 g/mol. The van der Waals surface area contributed by atoms with Crippen molar-refractivity contribution in [3.8, 4) is 0 Å². The first kappa shape index (κ1) is 46.6. The Morgan fingerprint density at radius 3 is 1.12 bits per heavy atom. The molecule has 0 bridgehead atoms. The van der Waals surface area contributed by atoms with Crippen molar-refractivity contribution in [2.75, 3.05) is 13.2 Å². The van der Waals surface area contributed by atoms with E-state index in [1.807, 2.05) is 0 Å². The van der Waals surface area contributed by atoms with Crippen LogP contribution < -0.4 is 0 Å². The zero-order valence-corrected chi connectivity index (χ0v) is 31.6. The molecule has 0 fully saturated rings. The molecule has 0 spiro atoms. The van der Waals surface area contributed by atoms with Gasteiger partial charge in [0.15, 0.2) is 6.10 Å². The van der Waals surface area contributed by atoms with E-state index < -0.39 is 30.3 Å². The molecule has 0 aliphatic rings. The summed E-state index contributed by atoms with van der Waals surface area (Å²) in [5.74, 6) is -1.91. The van der Waals surface area contributed by atoms with Crippen molar-refractivity contribution in [2.24, 2.45) is 0 Å². The topological polar surface area (TPSA) is 88.1 Å². The molecular weight excluding hydrogens is 616 g/mol. The number of unbranched alkanes of at least 4 members (excludes halogenated alkanes) is 26. The Bertz CT molecular complexity index is 824. The summed E-state index contributed by atoms with van der Waals surface area (Å²) in [6.07, 6.45) is 38.4. The minimum atomic E-state index is -0.877. The van der Waals surface area contributed by atoms with Crippen LogP contribution in [-0.4, -0.2) is 43.5 Å². The van der Waals surface area contributed by atoms with Gasteiger partial charge in [0.25, 0.3) is 0 Å². The number of rotatable bonds is 38. The molecule has 2 unspecified atom stereocenters. The molecule has 0 aromatic heterocycles. The van der Waals surface area contributed by atoms with Gasteiger partial charge in [-0.3, -0.25) is 0 Å². The quantitative estimate of drug-likeness (QED) is 0.0209. The summed E-state index contributed by atoms with van der Waals surface area (Å²) in [5, 5.41) is 0. The maximum atomic E-state index is 11.8. The van der Waals surface area contributed by atoms with Crippen LogP contribution in [0.2, 0.25) is 0 Å². The van der Waals surface area contributed by atoms with Gasteiger partial charge in [0.1, 0.15) is 6.61 Å². The third-order valence-corrected chi connectivity index (χ3v) is 8.95. The Morgan fingerprint density at radius 2 is 0.776 bits per heavy atom. The van der Waals surface area contributed by atoms with E-state index in [0.717, 1.165) is 37.5 Å². The molecule has 0 aromatic carbocycles. The van der Waals surface area contributed by atoms with Crippen LogP contribution in [0.3, 0.4) is 0 Å². The van der Waals surface area contributed by atoms with Crippen LogP contribution in [-0.2, 0) is 33.3 Å². The molecule has 0 aromatic rings. The predicted octanol–water partition coefficient (Wildman–Crippen LogP) is 11.8. The number of hydrogen-bond donors (Lipinski definition) is 0. The second-order valence-corrected chi connectivity index (χ2v) is 13.5. The number of hydrogen-bond acceptors (Lipinski definition) is 7. The fourth-order valence-corrected chi connectivity index (χ4v) is 5.93. The van der Waals surface area contributed by atoms with Crippen molar-refractivity contribution >= 4 is 17.9 Å². The van der Waals surface area contributed by atoms with Gasteiger partial charge in [0.2, 0.25) is 6.29 Å². The minimum absolute atomic E-state index is 0.112.